The van der Waals surface area contributed by atoms with E-state index in [2.05, 4.69) is 50.4 Å². The maximum absolute atomic E-state index is 6.48. The molecule has 2 aliphatic heterocycles. The Morgan fingerprint density at radius 3 is 2.49 bits per heavy atom. The summed E-state index contributed by atoms with van der Waals surface area (Å²) in [5.41, 5.74) is 6.57. The van der Waals surface area contributed by atoms with Crippen LogP contribution >= 0.6 is 27.5 Å². The van der Waals surface area contributed by atoms with Crippen LogP contribution in [0, 0.1) is 6.92 Å². The molecule has 4 aromatic carbocycles. The van der Waals surface area contributed by atoms with Gasteiger partial charge in [-0.15, -0.1) is 0 Å². The zero-order valence-corrected chi connectivity index (χ0v) is 24.6. The molecule has 7 rings (SSSR count). The molecule has 7 nitrogen and oxygen atoms in total. The zero-order valence-electron chi connectivity index (χ0n) is 22.2. The SMILES string of the molecule is COc1ccc(NC2=Nc3ccccc3N3C2=Nc2c(c(C)nn2-c2ccccc2)[C@H]3c2cccc(Br)c2)cc1Cl. The van der Waals surface area contributed by atoms with E-state index < -0.39 is 0 Å². The predicted molar refractivity (Wildman–Crippen MR) is 169 cm³/mol. The molecule has 0 bridgehead atoms. The van der Waals surface area contributed by atoms with E-state index in [4.69, 9.17) is 31.4 Å². The number of nitrogens with zero attached hydrogens (tertiary/aromatic N) is 5. The molecule has 1 N–H and O–H groups in total. The van der Waals surface area contributed by atoms with Gasteiger partial charge in [-0.3, -0.25) is 0 Å². The quantitative estimate of drug-likeness (QED) is 0.218. The smallest absolute Gasteiger partial charge is 0.179 e. The standard InChI is InChI=1S/C32H24BrClN6O/c1-19-28-29(20-9-8-10-21(33)17-20)39-26-14-7-6-13-25(26)36-30(35-22-15-16-27(41-2)24(34)18-22)32(39)37-31(28)40(38-19)23-11-4-3-5-12-23/h3-18,29H,1-2H3,(H,35,36)/t29-/m1/s1. The first-order valence-electron chi connectivity index (χ1n) is 13.1. The minimum absolute atomic E-state index is 0.208. The van der Waals surface area contributed by atoms with Crippen molar-refractivity contribution < 1.29 is 4.74 Å². The summed E-state index contributed by atoms with van der Waals surface area (Å²) in [5.74, 6) is 2.66. The molecule has 2 aliphatic rings. The number of hydrogen-bond acceptors (Lipinski definition) is 6. The molecule has 9 heteroatoms. The number of aromatic nitrogens is 2. The fourth-order valence-corrected chi connectivity index (χ4v) is 6.09. The number of para-hydroxylation sites is 3. The van der Waals surface area contributed by atoms with Crippen LogP contribution in [0.3, 0.4) is 0 Å². The molecule has 1 atom stereocenters. The Morgan fingerprint density at radius 2 is 1.71 bits per heavy atom. The van der Waals surface area contributed by atoms with Crippen LogP contribution in [-0.4, -0.2) is 28.6 Å². The molecule has 0 aliphatic carbocycles. The minimum Gasteiger partial charge on any atom is -0.495 e. The van der Waals surface area contributed by atoms with E-state index in [9.17, 15) is 0 Å². The molecule has 5 aromatic rings. The molecule has 0 amide bonds. The second kappa shape index (κ2) is 10.2. The van der Waals surface area contributed by atoms with Gasteiger partial charge >= 0.3 is 0 Å². The van der Waals surface area contributed by atoms with Gasteiger partial charge in [0.1, 0.15) is 5.75 Å². The number of methoxy groups -OCH3 is 1. The summed E-state index contributed by atoms with van der Waals surface area (Å²) in [6, 6.07) is 32.0. The fourth-order valence-electron chi connectivity index (χ4n) is 5.42. The van der Waals surface area contributed by atoms with E-state index in [0.29, 0.717) is 22.4 Å². The topological polar surface area (TPSA) is 67.0 Å². The Morgan fingerprint density at radius 1 is 0.902 bits per heavy atom. The van der Waals surface area contributed by atoms with Crippen LogP contribution in [0.5, 0.6) is 5.75 Å². The molecule has 0 saturated carbocycles. The van der Waals surface area contributed by atoms with Crippen LogP contribution < -0.4 is 15.0 Å². The molecule has 3 heterocycles. The summed E-state index contributed by atoms with van der Waals surface area (Å²) in [5, 5.41) is 8.99. The molecule has 202 valence electrons. The number of nitrogens with one attached hydrogen (secondary N) is 1. The van der Waals surface area contributed by atoms with E-state index >= 15 is 0 Å². The van der Waals surface area contributed by atoms with Crippen LogP contribution in [-0.2, 0) is 0 Å². The van der Waals surface area contributed by atoms with Crippen LogP contribution in [0.25, 0.3) is 5.69 Å². The van der Waals surface area contributed by atoms with Crippen molar-refractivity contribution in [1.82, 2.24) is 9.78 Å². The predicted octanol–water partition coefficient (Wildman–Crippen LogP) is 8.40. The van der Waals surface area contributed by atoms with Gasteiger partial charge in [-0.05, 0) is 67.1 Å². The first-order chi connectivity index (χ1) is 20.0. The van der Waals surface area contributed by atoms with E-state index in [1.165, 1.54) is 0 Å². The Kier molecular flexibility index (Phi) is 6.37. The van der Waals surface area contributed by atoms with E-state index in [-0.39, 0.29) is 6.04 Å². The Bertz CT molecular complexity index is 1870. The lowest BCUT2D eigenvalue weighted by Crippen LogP contribution is -2.46. The van der Waals surface area contributed by atoms with Gasteiger partial charge in [0.05, 0.1) is 40.9 Å². The van der Waals surface area contributed by atoms with Crippen molar-refractivity contribution in [1.29, 1.82) is 0 Å². The highest BCUT2D eigenvalue weighted by atomic mass is 79.9. The Hall–Kier alpha value is -4.40. The van der Waals surface area contributed by atoms with Crippen molar-refractivity contribution in [2.45, 2.75) is 13.0 Å². The number of fused-ring (bicyclic) bond motifs is 4. The maximum atomic E-state index is 6.48. The third-order valence-corrected chi connectivity index (χ3v) is 8.01. The summed E-state index contributed by atoms with van der Waals surface area (Å²) in [6.45, 7) is 2.05. The lowest BCUT2D eigenvalue weighted by molar-refractivity contribution is 0.415. The van der Waals surface area contributed by atoms with E-state index in [1.54, 1.807) is 7.11 Å². The van der Waals surface area contributed by atoms with Gasteiger partial charge in [-0.1, -0.05) is 70.0 Å². The average molecular weight is 624 g/mol. The number of benzene rings is 4. The van der Waals surface area contributed by atoms with Gasteiger partial charge in [-0.2, -0.15) is 5.10 Å². The van der Waals surface area contributed by atoms with Gasteiger partial charge < -0.3 is 15.0 Å². The summed E-state index contributed by atoms with van der Waals surface area (Å²) in [6.07, 6.45) is 0. The molecule has 1 aromatic heterocycles. The van der Waals surface area contributed by atoms with Crippen molar-refractivity contribution in [3.05, 3.63) is 123 Å². The number of ether oxygens (including phenoxy) is 1. The number of anilines is 2. The lowest BCUT2D eigenvalue weighted by Gasteiger charge is -2.40. The first kappa shape index (κ1) is 25.6. The Balaban J connectivity index is 1.48. The number of aryl methyl sites for hydroxylation is 1. The molecule has 0 saturated heterocycles. The number of hydrogen-bond donors (Lipinski definition) is 1. The summed E-state index contributed by atoms with van der Waals surface area (Å²) >= 11 is 10.2. The average Bonchev–Trinajstić information content (AvgIpc) is 3.32. The Labute approximate surface area is 250 Å². The normalized spacial score (nSPS) is 15.3. The second-order valence-electron chi connectivity index (χ2n) is 9.76. The molecular weight excluding hydrogens is 600 g/mol. The first-order valence-corrected chi connectivity index (χ1v) is 14.3. The fraction of sp³-hybridized carbons (Fsp3) is 0.0938. The van der Waals surface area contributed by atoms with Gasteiger partial charge in [0.2, 0.25) is 0 Å². The van der Waals surface area contributed by atoms with Gasteiger partial charge in [0, 0.05) is 15.7 Å². The molecular formula is C32H24BrClN6O. The molecule has 0 radical (unpaired) electrons. The minimum atomic E-state index is -0.208. The molecule has 0 fully saturated rings. The largest absolute Gasteiger partial charge is 0.495 e. The number of amidine groups is 2. The van der Waals surface area contributed by atoms with E-state index in [0.717, 1.165) is 49.9 Å². The highest BCUT2D eigenvalue weighted by molar-refractivity contribution is 9.10. The number of halogens is 2. The third kappa shape index (κ3) is 4.40. The van der Waals surface area contributed by atoms with Crippen LogP contribution in [0.2, 0.25) is 5.02 Å². The monoisotopic (exact) mass is 622 g/mol. The van der Waals surface area contributed by atoms with Gasteiger partial charge in [0.15, 0.2) is 17.5 Å². The van der Waals surface area contributed by atoms with Gasteiger partial charge in [-0.25, -0.2) is 14.7 Å². The second-order valence-corrected chi connectivity index (χ2v) is 11.1. The van der Waals surface area contributed by atoms with Crippen molar-refractivity contribution >= 4 is 62.1 Å². The highest BCUT2D eigenvalue weighted by Crippen LogP contribution is 2.48. The lowest BCUT2D eigenvalue weighted by atomic mass is 9.93. The maximum Gasteiger partial charge on any atom is 0.179 e. The summed E-state index contributed by atoms with van der Waals surface area (Å²) in [4.78, 5) is 12.6. The van der Waals surface area contributed by atoms with Crippen LogP contribution in [0.15, 0.2) is 112 Å². The van der Waals surface area contributed by atoms with Crippen molar-refractivity contribution in [3.8, 4) is 11.4 Å². The molecule has 0 spiro atoms. The molecule has 41 heavy (non-hydrogen) atoms. The van der Waals surface area contributed by atoms with Crippen molar-refractivity contribution in [2.24, 2.45) is 9.98 Å². The zero-order chi connectivity index (χ0) is 28.1. The number of rotatable bonds is 4. The van der Waals surface area contributed by atoms with Gasteiger partial charge in [0.25, 0.3) is 0 Å². The third-order valence-electron chi connectivity index (χ3n) is 7.22. The highest BCUT2D eigenvalue weighted by Gasteiger charge is 2.41. The van der Waals surface area contributed by atoms with Crippen molar-refractivity contribution in [3.63, 3.8) is 0 Å². The van der Waals surface area contributed by atoms with Crippen LogP contribution in [0.1, 0.15) is 22.9 Å². The van der Waals surface area contributed by atoms with Crippen LogP contribution in [0.4, 0.5) is 22.9 Å². The van der Waals surface area contributed by atoms with E-state index in [1.807, 2.05) is 84.4 Å². The summed E-state index contributed by atoms with van der Waals surface area (Å²) < 4.78 is 8.27. The number of aliphatic imine (C=N–C) groups is 2. The summed E-state index contributed by atoms with van der Waals surface area (Å²) in [7, 11) is 1.60. The molecule has 0 unspecified atom stereocenters. The van der Waals surface area contributed by atoms with Crippen molar-refractivity contribution in [2.75, 3.05) is 17.3 Å².